The van der Waals surface area contributed by atoms with Crippen LogP contribution in [0, 0.1) is 0 Å². The van der Waals surface area contributed by atoms with Gasteiger partial charge in [0.05, 0.1) is 25.4 Å². The molecule has 1 fully saturated rings. The Morgan fingerprint density at radius 1 is 1.14 bits per heavy atom. The summed E-state index contributed by atoms with van der Waals surface area (Å²) in [6.45, 7) is 8.55. The van der Waals surface area contributed by atoms with E-state index in [1.54, 1.807) is 0 Å². The van der Waals surface area contributed by atoms with E-state index in [2.05, 4.69) is 12.2 Å². The van der Waals surface area contributed by atoms with Crippen LogP contribution < -0.4 is 5.32 Å². The molecule has 0 radical (unpaired) electrons. The van der Waals surface area contributed by atoms with Crippen LogP contribution in [0.15, 0.2) is 0 Å². The zero-order valence-corrected chi connectivity index (χ0v) is 9.58. The quantitative estimate of drug-likeness (QED) is 0.605. The number of hydrogen-bond acceptors (Lipinski definition) is 3. The molecule has 0 amide bonds. The van der Waals surface area contributed by atoms with Crippen LogP contribution in [0.1, 0.15) is 33.6 Å². The van der Waals surface area contributed by atoms with E-state index >= 15 is 0 Å². The molecule has 0 aromatic carbocycles. The fourth-order valence-electron chi connectivity index (χ4n) is 1.21. The molecule has 1 aliphatic carbocycles. The predicted molar refractivity (Wildman–Crippen MR) is 57.5 cm³/mol. The van der Waals surface area contributed by atoms with Crippen LogP contribution in [0.4, 0.5) is 0 Å². The van der Waals surface area contributed by atoms with Crippen molar-refractivity contribution in [2.24, 2.45) is 0 Å². The molecule has 1 atom stereocenters. The Bertz CT molecular complexity index is 146. The molecule has 3 heteroatoms. The first kappa shape index (κ1) is 12.0. The van der Waals surface area contributed by atoms with Crippen molar-refractivity contribution in [1.29, 1.82) is 0 Å². The topological polar surface area (TPSA) is 30.5 Å². The Kier molecular flexibility index (Phi) is 5.45. The van der Waals surface area contributed by atoms with Crippen molar-refractivity contribution in [3.63, 3.8) is 0 Å². The Morgan fingerprint density at radius 3 is 2.36 bits per heavy atom. The summed E-state index contributed by atoms with van der Waals surface area (Å²) in [7, 11) is 0. The normalized spacial score (nSPS) is 18.9. The average molecular weight is 201 g/mol. The van der Waals surface area contributed by atoms with Gasteiger partial charge in [0.1, 0.15) is 0 Å². The SMILES string of the molecule is CC(C)OCCOC(C)CNC1CC1. The van der Waals surface area contributed by atoms with Gasteiger partial charge in [0, 0.05) is 12.6 Å². The van der Waals surface area contributed by atoms with E-state index in [1.807, 2.05) is 13.8 Å². The van der Waals surface area contributed by atoms with Gasteiger partial charge in [0.2, 0.25) is 0 Å². The zero-order valence-electron chi connectivity index (χ0n) is 9.58. The summed E-state index contributed by atoms with van der Waals surface area (Å²) >= 11 is 0. The minimum absolute atomic E-state index is 0.298. The van der Waals surface area contributed by atoms with E-state index in [9.17, 15) is 0 Å². The van der Waals surface area contributed by atoms with Crippen molar-refractivity contribution in [3.8, 4) is 0 Å². The molecule has 0 aromatic rings. The van der Waals surface area contributed by atoms with Crippen molar-refractivity contribution in [2.75, 3.05) is 19.8 Å². The first-order valence-corrected chi connectivity index (χ1v) is 5.65. The fourth-order valence-corrected chi connectivity index (χ4v) is 1.21. The highest BCUT2D eigenvalue weighted by Crippen LogP contribution is 2.18. The van der Waals surface area contributed by atoms with Crippen molar-refractivity contribution in [2.45, 2.75) is 51.9 Å². The zero-order chi connectivity index (χ0) is 10.4. The van der Waals surface area contributed by atoms with Crippen molar-refractivity contribution in [1.82, 2.24) is 5.32 Å². The first-order valence-electron chi connectivity index (χ1n) is 5.65. The molecule has 0 spiro atoms. The monoisotopic (exact) mass is 201 g/mol. The summed E-state index contributed by atoms with van der Waals surface area (Å²) in [5, 5.41) is 3.44. The van der Waals surface area contributed by atoms with Gasteiger partial charge >= 0.3 is 0 Å². The molecular formula is C11H23NO2. The number of nitrogens with one attached hydrogen (secondary N) is 1. The lowest BCUT2D eigenvalue weighted by molar-refractivity contribution is -0.00616. The Labute approximate surface area is 87.2 Å². The molecule has 1 aliphatic rings. The Morgan fingerprint density at radius 2 is 1.79 bits per heavy atom. The summed E-state index contributed by atoms with van der Waals surface area (Å²) in [5.41, 5.74) is 0. The molecule has 0 saturated heterocycles. The summed E-state index contributed by atoms with van der Waals surface area (Å²) in [5.74, 6) is 0. The third-order valence-electron chi connectivity index (χ3n) is 2.21. The largest absolute Gasteiger partial charge is 0.376 e. The summed E-state index contributed by atoms with van der Waals surface area (Å²) < 4.78 is 11.0. The second-order valence-corrected chi connectivity index (χ2v) is 4.28. The van der Waals surface area contributed by atoms with E-state index in [4.69, 9.17) is 9.47 Å². The molecule has 84 valence electrons. The lowest BCUT2D eigenvalue weighted by Crippen LogP contribution is -2.29. The molecule has 1 saturated carbocycles. The Balaban J connectivity index is 1.83. The summed E-state index contributed by atoms with van der Waals surface area (Å²) in [4.78, 5) is 0. The van der Waals surface area contributed by atoms with Crippen LogP contribution in [0.3, 0.4) is 0 Å². The van der Waals surface area contributed by atoms with Crippen LogP contribution in [-0.2, 0) is 9.47 Å². The molecule has 0 bridgehead atoms. The van der Waals surface area contributed by atoms with Gasteiger partial charge in [-0.05, 0) is 33.6 Å². The van der Waals surface area contributed by atoms with Crippen molar-refractivity contribution < 1.29 is 9.47 Å². The van der Waals surface area contributed by atoms with Gasteiger partial charge in [-0.2, -0.15) is 0 Å². The summed E-state index contributed by atoms with van der Waals surface area (Å²) in [6, 6.07) is 0.771. The molecule has 1 rings (SSSR count). The van der Waals surface area contributed by atoms with Crippen LogP contribution in [0.5, 0.6) is 0 Å². The minimum atomic E-state index is 0.298. The Hall–Kier alpha value is -0.120. The van der Waals surface area contributed by atoms with Gasteiger partial charge in [0.15, 0.2) is 0 Å². The van der Waals surface area contributed by atoms with E-state index in [0.29, 0.717) is 25.4 Å². The molecular weight excluding hydrogens is 178 g/mol. The number of rotatable bonds is 8. The lowest BCUT2D eigenvalue weighted by atomic mass is 10.4. The van der Waals surface area contributed by atoms with Gasteiger partial charge in [-0.3, -0.25) is 0 Å². The maximum atomic E-state index is 5.58. The van der Waals surface area contributed by atoms with Crippen molar-refractivity contribution in [3.05, 3.63) is 0 Å². The number of hydrogen-bond donors (Lipinski definition) is 1. The van der Waals surface area contributed by atoms with Crippen LogP contribution in [0.2, 0.25) is 0 Å². The number of ether oxygens (including phenoxy) is 2. The molecule has 1 unspecified atom stereocenters. The average Bonchev–Trinajstić information content (AvgIpc) is 2.92. The van der Waals surface area contributed by atoms with Crippen LogP contribution in [-0.4, -0.2) is 38.0 Å². The van der Waals surface area contributed by atoms with E-state index in [-0.39, 0.29) is 0 Å². The van der Waals surface area contributed by atoms with Gasteiger partial charge in [0.25, 0.3) is 0 Å². The molecule has 0 aliphatic heterocycles. The van der Waals surface area contributed by atoms with Gasteiger partial charge in [-0.15, -0.1) is 0 Å². The molecule has 3 nitrogen and oxygen atoms in total. The smallest absolute Gasteiger partial charge is 0.0704 e. The molecule has 0 aromatic heterocycles. The van der Waals surface area contributed by atoms with Gasteiger partial charge in [-0.1, -0.05) is 0 Å². The standard InChI is InChI=1S/C11H23NO2/c1-9(2)13-6-7-14-10(3)8-12-11-4-5-11/h9-12H,4-8H2,1-3H3. The van der Waals surface area contributed by atoms with Crippen LogP contribution >= 0.6 is 0 Å². The molecule has 1 N–H and O–H groups in total. The maximum Gasteiger partial charge on any atom is 0.0704 e. The molecule has 14 heavy (non-hydrogen) atoms. The van der Waals surface area contributed by atoms with Gasteiger partial charge in [-0.25, -0.2) is 0 Å². The van der Waals surface area contributed by atoms with Gasteiger partial charge < -0.3 is 14.8 Å². The summed E-state index contributed by atoms with van der Waals surface area (Å²) in [6.07, 6.45) is 3.27. The molecule has 0 heterocycles. The second-order valence-electron chi connectivity index (χ2n) is 4.28. The third-order valence-corrected chi connectivity index (χ3v) is 2.21. The third kappa shape index (κ3) is 6.35. The predicted octanol–water partition coefficient (Wildman–Crippen LogP) is 1.57. The van der Waals surface area contributed by atoms with E-state index < -0.39 is 0 Å². The second kappa shape index (κ2) is 6.38. The van der Waals surface area contributed by atoms with Crippen molar-refractivity contribution >= 4 is 0 Å². The van der Waals surface area contributed by atoms with E-state index in [1.165, 1.54) is 12.8 Å². The first-order chi connectivity index (χ1) is 6.68. The highest BCUT2D eigenvalue weighted by molar-refractivity contribution is 4.81. The maximum absolute atomic E-state index is 5.58. The highest BCUT2D eigenvalue weighted by atomic mass is 16.5. The minimum Gasteiger partial charge on any atom is -0.376 e. The van der Waals surface area contributed by atoms with Crippen LogP contribution in [0.25, 0.3) is 0 Å². The van der Waals surface area contributed by atoms with E-state index in [0.717, 1.165) is 12.6 Å². The fraction of sp³-hybridized carbons (Fsp3) is 1.00. The lowest BCUT2D eigenvalue weighted by Gasteiger charge is -2.14. The highest BCUT2D eigenvalue weighted by Gasteiger charge is 2.20.